The number of hydrogen-bond donors (Lipinski definition) is 1. The highest BCUT2D eigenvalue weighted by Crippen LogP contribution is 2.32. The molecule has 0 atom stereocenters. The van der Waals surface area contributed by atoms with Crippen LogP contribution < -0.4 is 0 Å². The van der Waals surface area contributed by atoms with E-state index in [9.17, 15) is 4.39 Å². The van der Waals surface area contributed by atoms with Crippen molar-refractivity contribution < 1.29 is 9.50 Å². The lowest BCUT2D eigenvalue weighted by molar-refractivity contribution is 0.305. The van der Waals surface area contributed by atoms with Gasteiger partial charge in [-0.3, -0.25) is 4.98 Å². The maximum absolute atomic E-state index is 13.5. The third-order valence-corrected chi connectivity index (χ3v) is 4.47. The van der Waals surface area contributed by atoms with Gasteiger partial charge in [0.15, 0.2) is 5.82 Å². The summed E-state index contributed by atoms with van der Waals surface area (Å²) in [4.78, 5) is 8.84. The van der Waals surface area contributed by atoms with Gasteiger partial charge in [-0.05, 0) is 60.4 Å². The molecule has 0 bridgehead atoms. The summed E-state index contributed by atoms with van der Waals surface area (Å²) in [5.41, 5.74) is 3.85. The molecule has 150 valence electrons. The van der Waals surface area contributed by atoms with Crippen LogP contribution >= 0.6 is 0 Å². The standard InChI is InChI=1S/C26H18FN3O/c27-23-11-9-21(10-12-23)25-26(22-13-16-28-17-14-22)30(24(29-25)8-4-5-19-31)18-15-20-6-2-1-3-7-20/h1-3,6-7,9-14,16-17,31H,5,19H2. The van der Waals surface area contributed by atoms with Crippen molar-refractivity contribution in [2.45, 2.75) is 6.42 Å². The molecule has 2 aromatic carbocycles. The summed E-state index contributed by atoms with van der Waals surface area (Å²) in [7, 11) is 0. The third kappa shape index (κ3) is 4.70. The Morgan fingerprint density at radius 2 is 1.61 bits per heavy atom. The van der Waals surface area contributed by atoms with E-state index in [4.69, 9.17) is 10.1 Å². The number of aromatic nitrogens is 3. The largest absolute Gasteiger partial charge is 0.395 e. The predicted molar refractivity (Wildman–Crippen MR) is 118 cm³/mol. The normalized spacial score (nSPS) is 10.0. The highest BCUT2D eigenvalue weighted by Gasteiger charge is 2.19. The maximum atomic E-state index is 13.5. The summed E-state index contributed by atoms with van der Waals surface area (Å²) in [6.07, 6.45) is 3.72. The second kappa shape index (κ2) is 9.54. The van der Waals surface area contributed by atoms with Gasteiger partial charge >= 0.3 is 0 Å². The molecule has 0 unspecified atom stereocenters. The van der Waals surface area contributed by atoms with E-state index in [1.165, 1.54) is 12.1 Å². The minimum absolute atomic E-state index is 0.0363. The first kappa shape index (κ1) is 20.1. The number of aliphatic hydroxyl groups excluding tert-OH is 1. The third-order valence-electron chi connectivity index (χ3n) is 4.47. The Morgan fingerprint density at radius 3 is 2.32 bits per heavy atom. The van der Waals surface area contributed by atoms with Crippen LogP contribution in [0.5, 0.6) is 0 Å². The molecule has 2 aromatic heterocycles. The first-order valence-corrected chi connectivity index (χ1v) is 9.72. The van der Waals surface area contributed by atoms with Crippen molar-refractivity contribution in [1.82, 2.24) is 14.5 Å². The second-order valence-corrected chi connectivity index (χ2v) is 6.59. The summed E-state index contributed by atoms with van der Waals surface area (Å²) in [5, 5.41) is 9.11. The fraction of sp³-hybridized carbons (Fsp3) is 0.0769. The van der Waals surface area contributed by atoms with Crippen LogP contribution in [0.2, 0.25) is 0 Å². The average Bonchev–Trinajstić information content (AvgIpc) is 3.18. The smallest absolute Gasteiger partial charge is 0.198 e. The average molecular weight is 407 g/mol. The molecule has 0 aliphatic heterocycles. The molecule has 4 aromatic rings. The number of aliphatic hydroxyl groups is 1. The Hall–Kier alpha value is -4.19. The molecular formula is C26H18FN3O. The summed E-state index contributed by atoms with van der Waals surface area (Å²) < 4.78 is 15.3. The predicted octanol–water partition coefficient (Wildman–Crippen LogP) is 4.34. The van der Waals surface area contributed by atoms with Crippen molar-refractivity contribution >= 4 is 0 Å². The zero-order chi connectivity index (χ0) is 21.5. The van der Waals surface area contributed by atoms with E-state index in [1.807, 2.05) is 42.5 Å². The lowest BCUT2D eigenvalue weighted by Crippen LogP contribution is -1.97. The number of benzene rings is 2. The summed E-state index contributed by atoms with van der Waals surface area (Å²) in [6, 6.07) is 22.7. The Labute approximate surface area is 180 Å². The molecule has 0 amide bonds. The maximum Gasteiger partial charge on any atom is 0.198 e. The van der Waals surface area contributed by atoms with Gasteiger partial charge in [0.25, 0.3) is 0 Å². The Kier molecular flexibility index (Phi) is 6.18. The van der Waals surface area contributed by atoms with Gasteiger partial charge in [0.2, 0.25) is 0 Å². The fourth-order valence-electron chi connectivity index (χ4n) is 3.04. The molecule has 5 heteroatoms. The SMILES string of the molecule is OCCC#Cc1nc(-c2ccc(F)cc2)c(-c2ccncc2)n1C#Cc1ccccc1. The van der Waals surface area contributed by atoms with Crippen molar-refractivity contribution in [2.75, 3.05) is 6.61 Å². The lowest BCUT2D eigenvalue weighted by Gasteiger charge is -2.06. The number of pyridine rings is 1. The van der Waals surface area contributed by atoms with E-state index in [2.05, 4.69) is 28.8 Å². The van der Waals surface area contributed by atoms with Gasteiger partial charge in [0, 0.05) is 41.5 Å². The van der Waals surface area contributed by atoms with Crippen LogP contribution in [0.15, 0.2) is 79.1 Å². The summed E-state index contributed by atoms with van der Waals surface area (Å²) in [6.45, 7) is -0.0363. The topological polar surface area (TPSA) is 50.9 Å². The van der Waals surface area contributed by atoms with E-state index < -0.39 is 0 Å². The molecule has 0 radical (unpaired) electrons. The molecule has 1 N–H and O–H groups in total. The molecule has 0 aliphatic rings. The molecule has 2 heterocycles. The van der Waals surface area contributed by atoms with Gasteiger partial charge in [0.1, 0.15) is 5.82 Å². The molecule has 0 saturated heterocycles. The van der Waals surface area contributed by atoms with Crippen molar-refractivity contribution in [2.24, 2.45) is 0 Å². The van der Waals surface area contributed by atoms with E-state index in [0.29, 0.717) is 17.9 Å². The van der Waals surface area contributed by atoms with Crippen LogP contribution in [0.25, 0.3) is 22.5 Å². The quantitative estimate of drug-likeness (QED) is 0.514. The van der Waals surface area contributed by atoms with Gasteiger partial charge in [-0.25, -0.2) is 13.9 Å². The monoisotopic (exact) mass is 407 g/mol. The number of hydrogen-bond acceptors (Lipinski definition) is 3. The van der Waals surface area contributed by atoms with Gasteiger partial charge < -0.3 is 5.11 Å². The van der Waals surface area contributed by atoms with Crippen LogP contribution in [-0.4, -0.2) is 26.2 Å². The van der Waals surface area contributed by atoms with Gasteiger partial charge in [-0.1, -0.05) is 24.1 Å². The zero-order valence-electron chi connectivity index (χ0n) is 16.6. The molecule has 0 aliphatic carbocycles. The number of halogens is 1. The van der Waals surface area contributed by atoms with Gasteiger partial charge in [0.05, 0.1) is 18.0 Å². The van der Waals surface area contributed by atoms with Crippen LogP contribution in [0, 0.1) is 29.6 Å². The van der Waals surface area contributed by atoms with Crippen LogP contribution in [0.3, 0.4) is 0 Å². The van der Waals surface area contributed by atoms with Crippen LogP contribution in [-0.2, 0) is 0 Å². The zero-order valence-corrected chi connectivity index (χ0v) is 16.6. The first-order valence-electron chi connectivity index (χ1n) is 9.72. The number of nitrogens with zero attached hydrogens (tertiary/aromatic N) is 3. The molecule has 4 nitrogen and oxygen atoms in total. The van der Waals surface area contributed by atoms with Crippen molar-refractivity contribution in [3.63, 3.8) is 0 Å². The van der Waals surface area contributed by atoms with E-state index in [1.54, 1.807) is 29.1 Å². The number of imidazole rings is 1. The lowest BCUT2D eigenvalue weighted by atomic mass is 10.1. The van der Waals surface area contributed by atoms with Gasteiger partial charge in [-0.15, -0.1) is 0 Å². The molecule has 4 rings (SSSR count). The van der Waals surface area contributed by atoms with Gasteiger partial charge in [-0.2, -0.15) is 0 Å². The Balaban J connectivity index is 1.96. The first-order chi connectivity index (χ1) is 15.3. The second-order valence-electron chi connectivity index (χ2n) is 6.59. The molecule has 31 heavy (non-hydrogen) atoms. The highest BCUT2D eigenvalue weighted by atomic mass is 19.1. The van der Waals surface area contributed by atoms with E-state index in [-0.39, 0.29) is 12.4 Å². The highest BCUT2D eigenvalue weighted by molar-refractivity contribution is 5.80. The minimum atomic E-state index is -0.319. The van der Waals surface area contributed by atoms with Crippen molar-refractivity contribution in [3.05, 3.63) is 96.3 Å². The summed E-state index contributed by atoms with van der Waals surface area (Å²) in [5.74, 6) is 9.22. The minimum Gasteiger partial charge on any atom is -0.395 e. The Morgan fingerprint density at radius 1 is 0.871 bits per heavy atom. The molecule has 0 spiro atoms. The van der Waals surface area contributed by atoms with E-state index >= 15 is 0 Å². The number of rotatable bonds is 3. The van der Waals surface area contributed by atoms with Crippen LogP contribution in [0.1, 0.15) is 17.8 Å². The van der Waals surface area contributed by atoms with Crippen molar-refractivity contribution in [3.8, 4) is 46.3 Å². The molecule has 0 fully saturated rings. The van der Waals surface area contributed by atoms with E-state index in [0.717, 1.165) is 22.4 Å². The molecule has 0 saturated carbocycles. The molecular weight excluding hydrogens is 389 g/mol. The summed E-state index contributed by atoms with van der Waals surface area (Å²) >= 11 is 0. The Bertz CT molecular complexity index is 1290. The van der Waals surface area contributed by atoms with Crippen molar-refractivity contribution in [1.29, 1.82) is 0 Å². The van der Waals surface area contributed by atoms with Crippen LogP contribution in [0.4, 0.5) is 4.39 Å². The fourth-order valence-corrected chi connectivity index (χ4v) is 3.04.